The zero-order valence-corrected chi connectivity index (χ0v) is 8.31. The van der Waals surface area contributed by atoms with Crippen LogP contribution in [-0.2, 0) is 4.74 Å². The molecule has 0 heterocycles. The lowest BCUT2D eigenvalue weighted by molar-refractivity contribution is -0.411. The Morgan fingerprint density at radius 2 is 2.08 bits per heavy atom. The first kappa shape index (κ1) is 11.2. The van der Waals surface area contributed by atoms with Crippen molar-refractivity contribution in [1.82, 2.24) is 5.32 Å². The van der Waals surface area contributed by atoms with Gasteiger partial charge in [-0.15, -0.1) is 0 Å². The molecule has 0 fully saturated rings. The highest BCUT2D eigenvalue weighted by Gasteiger charge is 2.15. The van der Waals surface area contributed by atoms with Crippen molar-refractivity contribution < 1.29 is 15.3 Å². The van der Waals surface area contributed by atoms with Gasteiger partial charge in [0.15, 0.2) is 0 Å². The lowest BCUT2D eigenvalue weighted by atomic mass is 10.2. The van der Waals surface area contributed by atoms with Crippen molar-refractivity contribution in [1.29, 1.82) is 0 Å². The van der Waals surface area contributed by atoms with Crippen molar-refractivity contribution in [2.24, 2.45) is 0 Å². The van der Waals surface area contributed by atoms with E-state index in [4.69, 9.17) is 4.74 Å². The average molecular weight is 175 g/mol. The molecule has 0 aliphatic carbocycles. The number of quaternary nitrogens is 1. The minimum Gasteiger partial charge on any atom is -0.444 e. The smallest absolute Gasteiger partial charge is 0.407 e. The third-order valence-electron chi connectivity index (χ3n) is 0.994. The Hall–Kier alpha value is -0.770. The number of nitrogens with one attached hydrogen (secondary N) is 1. The fourth-order valence-electron chi connectivity index (χ4n) is 0.572. The summed E-state index contributed by atoms with van der Waals surface area (Å²) in [6, 6.07) is 0.206. The van der Waals surface area contributed by atoms with Gasteiger partial charge in [0.05, 0.1) is 12.6 Å². The topological polar surface area (TPSA) is 66.0 Å². The highest BCUT2D eigenvalue weighted by molar-refractivity contribution is 5.67. The van der Waals surface area contributed by atoms with Gasteiger partial charge in [0.2, 0.25) is 0 Å². The molecule has 0 unspecified atom stereocenters. The number of carbonyl (C=O) groups excluding carboxylic acids is 1. The Balaban J connectivity index is 3.61. The van der Waals surface area contributed by atoms with Gasteiger partial charge in [-0.05, 0) is 27.7 Å². The van der Waals surface area contributed by atoms with Crippen molar-refractivity contribution in [2.45, 2.75) is 39.3 Å². The fraction of sp³-hybridized carbons (Fsp3) is 0.875. The van der Waals surface area contributed by atoms with E-state index in [1.807, 2.05) is 27.7 Å². The summed E-state index contributed by atoms with van der Waals surface area (Å²) in [5, 5.41) is 2.61. The summed E-state index contributed by atoms with van der Waals surface area (Å²) in [5.74, 6) is 0. The number of hydrogen-bond donors (Lipinski definition) is 2. The average Bonchev–Trinajstić information content (AvgIpc) is 1.79. The van der Waals surface area contributed by atoms with Crippen LogP contribution in [0.15, 0.2) is 0 Å². The molecule has 0 saturated heterocycles. The van der Waals surface area contributed by atoms with Crippen molar-refractivity contribution in [2.75, 3.05) is 6.54 Å². The second kappa shape index (κ2) is 4.30. The number of alkyl carbamates (subject to hydrolysis) is 1. The Bertz CT molecular complexity index is 150. The van der Waals surface area contributed by atoms with Crippen molar-refractivity contribution in [3.8, 4) is 0 Å². The largest absolute Gasteiger partial charge is 0.444 e. The van der Waals surface area contributed by atoms with E-state index in [-0.39, 0.29) is 12.1 Å². The highest BCUT2D eigenvalue weighted by atomic mass is 16.6. The maximum atomic E-state index is 11.0. The Morgan fingerprint density at radius 1 is 1.58 bits per heavy atom. The third-order valence-corrected chi connectivity index (χ3v) is 0.994. The Morgan fingerprint density at radius 3 is 2.42 bits per heavy atom. The fourth-order valence-corrected chi connectivity index (χ4v) is 0.572. The summed E-state index contributed by atoms with van der Waals surface area (Å²) in [7, 11) is 0. The van der Waals surface area contributed by atoms with E-state index >= 15 is 0 Å². The summed E-state index contributed by atoms with van der Waals surface area (Å²) >= 11 is 0. The van der Waals surface area contributed by atoms with Gasteiger partial charge < -0.3 is 15.8 Å². The molecule has 72 valence electrons. The molecule has 4 nitrogen and oxygen atoms in total. The molecule has 0 bridgehead atoms. The molecule has 0 rings (SSSR count). The van der Waals surface area contributed by atoms with Gasteiger partial charge in [0, 0.05) is 0 Å². The molecule has 0 aromatic heterocycles. The van der Waals surface area contributed by atoms with Crippen molar-refractivity contribution >= 4 is 6.09 Å². The van der Waals surface area contributed by atoms with Gasteiger partial charge >= 0.3 is 6.09 Å². The first-order valence-corrected chi connectivity index (χ1v) is 4.11. The third kappa shape index (κ3) is 7.34. The lowest BCUT2D eigenvalue weighted by Crippen LogP contribution is -2.63. The molecule has 0 spiro atoms. The van der Waals surface area contributed by atoms with Crippen LogP contribution in [0.2, 0.25) is 0 Å². The van der Waals surface area contributed by atoms with Crippen LogP contribution in [0, 0.1) is 0 Å². The number of rotatable bonds is 2. The van der Waals surface area contributed by atoms with Gasteiger partial charge in [-0.1, -0.05) is 0 Å². The quantitative estimate of drug-likeness (QED) is 0.627. The number of ether oxygens (including phenoxy) is 1. The van der Waals surface area contributed by atoms with E-state index in [9.17, 15) is 4.79 Å². The zero-order chi connectivity index (χ0) is 9.78. The second-order valence-electron chi connectivity index (χ2n) is 3.99. The number of hydrogen-bond acceptors (Lipinski definition) is 2. The van der Waals surface area contributed by atoms with E-state index in [0.717, 1.165) is 0 Å². The highest BCUT2D eigenvalue weighted by Crippen LogP contribution is 2.05. The first-order chi connectivity index (χ1) is 5.31. The van der Waals surface area contributed by atoms with Crippen LogP contribution in [0.4, 0.5) is 4.79 Å². The standard InChI is InChI=1S/C8H18N2O2/c1-6(9)5-10-7(11)12-8(2,3)4/h6H,5,9H2,1-4H3,(H,10,11)/p+1/t6-/m0/s1. The molecular formula is C8H19N2O2+. The summed E-state index contributed by atoms with van der Waals surface area (Å²) < 4.78 is 5.01. The lowest BCUT2D eigenvalue weighted by Gasteiger charge is -2.19. The minimum absolute atomic E-state index is 0.206. The van der Waals surface area contributed by atoms with Crippen LogP contribution in [0.25, 0.3) is 0 Å². The van der Waals surface area contributed by atoms with Crippen molar-refractivity contribution in [3.05, 3.63) is 0 Å². The second-order valence-corrected chi connectivity index (χ2v) is 3.99. The van der Waals surface area contributed by atoms with Gasteiger partial charge in [0.25, 0.3) is 0 Å². The molecule has 0 aliphatic heterocycles. The molecular weight excluding hydrogens is 156 g/mol. The molecule has 0 aliphatic rings. The zero-order valence-electron chi connectivity index (χ0n) is 8.31. The summed E-state index contributed by atoms with van der Waals surface area (Å²) in [4.78, 5) is 11.0. The van der Waals surface area contributed by atoms with Crippen LogP contribution in [-0.4, -0.2) is 24.3 Å². The number of carbonyl (C=O) groups is 1. The van der Waals surface area contributed by atoms with E-state index in [1.165, 1.54) is 0 Å². The Labute approximate surface area is 73.5 Å². The Kier molecular flexibility index (Phi) is 4.03. The molecule has 1 amide bonds. The van der Waals surface area contributed by atoms with E-state index in [2.05, 4.69) is 11.1 Å². The monoisotopic (exact) mass is 175 g/mol. The normalized spacial score (nSPS) is 13.8. The predicted molar refractivity (Wildman–Crippen MR) is 46.6 cm³/mol. The molecule has 1 atom stereocenters. The van der Waals surface area contributed by atoms with Gasteiger partial charge in [-0.2, -0.15) is 0 Å². The molecule has 0 aromatic rings. The van der Waals surface area contributed by atoms with Crippen molar-refractivity contribution in [3.63, 3.8) is 0 Å². The van der Waals surface area contributed by atoms with Gasteiger partial charge in [0.1, 0.15) is 5.60 Å². The molecule has 0 saturated carbocycles. The molecule has 0 aromatic carbocycles. The summed E-state index contributed by atoms with van der Waals surface area (Å²) in [5.41, 5.74) is 3.31. The van der Waals surface area contributed by atoms with E-state index in [1.54, 1.807) is 0 Å². The molecule has 12 heavy (non-hydrogen) atoms. The SMILES string of the molecule is C[C@H]([NH3+])CNC(=O)OC(C)(C)C. The van der Waals surface area contributed by atoms with Gasteiger partial charge in [-0.3, -0.25) is 0 Å². The molecule has 0 radical (unpaired) electrons. The molecule has 4 heteroatoms. The van der Waals surface area contributed by atoms with Crippen LogP contribution in [0.5, 0.6) is 0 Å². The predicted octanol–water partition coefficient (Wildman–Crippen LogP) is 0.141. The summed E-state index contributed by atoms with van der Waals surface area (Å²) in [6.45, 7) is 7.98. The maximum absolute atomic E-state index is 11.0. The van der Waals surface area contributed by atoms with Crippen LogP contribution in [0.1, 0.15) is 27.7 Å². The summed E-state index contributed by atoms with van der Waals surface area (Å²) in [6.07, 6.45) is -0.377. The van der Waals surface area contributed by atoms with Gasteiger partial charge in [-0.25, -0.2) is 4.79 Å². The maximum Gasteiger partial charge on any atom is 0.407 e. The first-order valence-electron chi connectivity index (χ1n) is 4.11. The van der Waals surface area contributed by atoms with Crippen LogP contribution >= 0.6 is 0 Å². The van der Waals surface area contributed by atoms with E-state index in [0.29, 0.717) is 6.54 Å². The van der Waals surface area contributed by atoms with Crippen LogP contribution in [0.3, 0.4) is 0 Å². The van der Waals surface area contributed by atoms with Crippen LogP contribution < -0.4 is 11.1 Å². The van der Waals surface area contributed by atoms with E-state index < -0.39 is 5.60 Å². The minimum atomic E-state index is -0.422. The number of amides is 1. The molecule has 4 N–H and O–H groups in total.